The van der Waals surface area contributed by atoms with Gasteiger partial charge in [0.15, 0.2) is 0 Å². The molecule has 1 aromatic carbocycles. The van der Waals surface area contributed by atoms with E-state index in [1.807, 2.05) is 18.2 Å². The van der Waals surface area contributed by atoms with Gasteiger partial charge in [-0.2, -0.15) is 0 Å². The fourth-order valence-electron chi connectivity index (χ4n) is 1.52. The number of hydrogen-bond donors (Lipinski definition) is 1. The van der Waals surface area contributed by atoms with Crippen LogP contribution in [0, 0.1) is 0 Å². The number of hydrogen-bond acceptors (Lipinski definition) is 2. The maximum absolute atomic E-state index is 9.75. The highest BCUT2D eigenvalue weighted by Crippen LogP contribution is 2.26. The molecule has 1 N–H and O–H groups in total. The maximum Gasteiger partial charge on any atom is 0.133 e. The Hall–Kier alpha value is -0.250. The predicted molar refractivity (Wildman–Crippen MR) is 70.4 cm³/mol. The summed E-state index contributed by atoms with van der Waals surface area (Å²) in [5, 5.41) is 9.75. The van der Waals surface area contributed by atoms with Crippen LogP contribution in [-0.2, 0) is 6.42 Å². The van der Waals surface area contributed by atoms with Gasteiger partial charge in [0.05, 0.1) is 17.7 Å². The summed E-state index contributed by atoms with van der Waals surface area (Å²) >= 11 is 9.00. The van der Waals surface area contributed by atoms with Crippen LogP contribution in [0.15, 0.2) is 22.7 Å². The number of methoxy groups -OCH3 is 1. The summed E-state index contributed by atoms with van der Waals surface area (Å²) in [6.07, 6.45) is 1.92. The monoisotopic (exact) mass is 306 g/mol. The molecule has 0 spiro atoms. The van der Waals surface area contributed by atoms with Crippen LogP contribution in [0.3, 0.4) is 0 Å². The summed E-state index contributed by atoms with van der Waals surface area (Å²) in [6, 6.07) is 5.84. The molecule has 0 amide bonds. The number of halogens is 2. The van der Waals surface area contributed by atoms with Crippen molar-refractivity contribution in [2.75, 3.05) is 13.0 Å². The number of ether oxygens (including phenoxy) is 1. The van der Waals surface area contributed by atoms with Crippen molar-refractivity contribution < 1.29 is 9.84 Å². The van der Waals surface area contributed by atoms with Crippen LogP contribution >= 0.6 is 27.5 Å². The van der Waals surface area contributed by atoms with Crippen molar-refractivity contribution in [1.82, 2.24) is 0 Å². The lowest BCUT2D eigenvalue weighted by atomic mass is 10.0. The Morgan fingerprint density at radius 3 is 2.81 bits per heavy atom. The van der Waals surface area contributed by atoms with Crippen LogP contribution in [0.25, 0.3) is 0 Å². The van der Waals surface area contributed by atoms with Crippen molar-refractivity contribution >= 4 is 27.5 Å². The molecule has 2 nitrogen and oxygen atoms in total. The van der Waals surface area contributed by atoms with Gasteiger partial charge in [0.2, 0.25) is 0 Å². The zero-order valence-electron chi connectivity index (χ0n) is 9.25. The lowest BCUT2D eigenvalue weighted by Crippen LogP contribution is -2.10. The molecule has 0 saturated heterocycles. The molecule has 0 aliphatic rings. The second-order valence-electron chi connectivity index (χ2n) is 3.66. The Morgan fingerprint density at radius 1 is 1.50 bits per heavy atom. The zero-order chi connectivity index (χ0) is 12.0. The van der Waals surface area contributed by atoms with Crippen LogP contribution < -0.4 is 4.74 Å². The van der Waals surface area contributed by atoms with E-state index in [0.29, 0.717) is 12.3 Å². The molecule has 16 heavy (non-hydrogen) atoms. The van der Waals surface area contributed by atoms with Crippen molar-refractivity contribution in [1.29, 1.82) is 0 Å². The van der Waals surface area contributed by atoms with Crippen molar-refractivity contribution in [3.8, 4) is 5.75 Å². The Bertz CT molecular complexity index is 331. The minimum absolute atomic E-state index is 0.320. The molecule has 1 atom stereocenters. The average Bonchev–Trinajstić information content (AvgIpc) is 2.26. The molecule has 0 bridgehead atoms. The van der Waals surface area contributed by atoms with Gasteiger partial charge in [0.25, 0.3) is 0 Å². The molecule has 0 fully saturated rings. The minimum atomic E-state index is -0.320. The van der Waals surface area contributed by atoms with Gasteiger partial charge in [-0.3, -0.25) is 0 Å². The second kappa shape index (κ2) is 7.15. The molecule has 4 heteroatoms. The first-order valence-corrected chi connectivity index (χ1v) is 6.56. The molecular weight excluding hydrogens is 291 g/mol. The molecule has 0 heterocycles. The summed E-state index contributed by atoms with van der Waals surface area (Å²) in [5.74, 6) is 1.41. The van der Waals surface area contributed by atoms with Gasteiger partial charge >= 0.3 is 0 Å². The summed E-state index contributed by atoms with van der Waals surface area (Å²) in [4.78, 5) is 0. The van der Waals surface area contributed by atoms with E-state index in [1.165, 1.54) is 0 Å². The van der Waals surface area contributed by atoms with E-state index >= 15 is 0 Å². The van der Waals surface area contributed by atoms with E-state index in [1.54, 1.807) is 7.11 Å². The highest BCUT2D eigenvalue weighted by molar-refractivity contribution is 9.10. The minimum Gasteiger partial charge on any atom is -0.496 e. The molecule has 1 unspecified atom stereocenters. The first kappa shape index (κ1) is 13.8. The number of alkyl halides is 1. The number of rotatable bonds is 6. The SMILES string of the molecule is COc1ccc(CC(O)CCCCl)cc1Br. The van der Waals surface area contributed by atoms with E-state index in [2.05, 4.69) is 15.9 Å². The Morgan fingerprint density at radius 2 is 2.25 bits per heavy atom. The topological polar surface area (TPSA) is 29.5 Å². The maximum atomic E-state index is 9.75. The highest BCUT2D eigenvalue weighted by atomic mass is 79.9. The first-order valence-electron chi connectivity index (χ1n) is 5.23. The molecule has 0 radical (unpaired) electrons. The first-order chi connectivity index (χ1) is 7.67. The van der Waals surface area contributed by atoms with E-state index in [9.17, 15) is 5.11 Å². The quantitative estimate of drug-likeness (QED) is 0.816. The molecule has 0 aliphatic carbocycles. The largest absolute Gasteiger partial charge is 0.496 e. The fraction of sp³-hybridized carbons (Fsp3) is 0.500. The van der Waals surface area contributed by atoms with E-state index in [0.717, 1.165) is 28.6 Å². The van der Waals surface area contributed by atoms with Crippen LogP contribution in [0.2, 0.25) is 0 Å². The van der Waals surface area contributed by atoms with Crippen molar-refractivity contribution in [2.45, 2.75) is 25.4 Å². The Balaban J connectivity index is 2.57. The highest BCUT2D eigenvalue weighted by Gasteiger charge is 2.07. The summed E-state index contributed by atoms with van der Waals surface area (Å²) in [5.41, 5.74) is 1.09. The lowest BCUT2D eigenvalue weighted by molar-refractivity contribution is 0.164. The fourth-order valence-corrected chi connectivity index (χ4v) is 2.27. The van der Waals surface area contributed by atoms with Crippen molar-refractivity contribution in [3.05, 3.63) is 28.2 Å². The third-order valence-electron chi connectivity index (χ3n) is 2.36. The van der Waals surface area contributed by atoms with Crippen LogP contribution in [0.5, 0.6) is 5.75 Å². The van der Waals surface area contributed by atoms with Gasteiger partial charge in [-0.05, 0) is 52.9 Å². The molecule has 1 aromatic rings. The van der Waals surface area contributed by atoms with Gasteiger partial charge in [0.1, 0.15) is 5.75 Å². The van der Waals surface area contributed by atoms with Crippen molar-refractivity contribution in [2.24, 2.45) is 0 Å². The molecule has 1 rings (SSSR count). The summed E-state index contributed by atoms with van der Waals surface area (Å²) < 4.78 is 6.06. The normalized spacial score (nSPS) is 12.5. The van der Waals surface area contributed by atoms with Gasteiger partial charge in [0, 0.05) is 5.88 Å². The Labute approximate surface area is 110 Å². The predicted octanol–water partition coefficient (Wildman–Crippen LogP) is 3.38. The van der Waals surface area contributed by atoms with Gasteiger partial charge < -0.3 is 9.84 Å². The Kier molecular flexibility index (Phi) is 6.17. The van der Waals surface area contributed by atoms with Gasteiger partial charge in [-0.1, -0.05) is 6.07 Å². The van der Waals surface area contributed by atoms with Gasteiger partial charge in [-0.25, -0.2) is 0 Å². The molecule has 90 valence electrons. The number of benzene rings is 1. The van der Waals surface area contributed by atoms with Gasteiger partial charge in [-0.15, -0.1) is 11.6 Å². The third-order valence-corrected chi connectivity index (χ3v) is 3.25. The third kappa shape index (κ3) is 4.32. The van der Waals surface area contributed by atoms with E-state index in [-0.39, 0.29) is 6.10 Å². The smallest absolute Gasteiger partial charge is 0.133 e. The summed E-state index contributed by atoms with van der Waals surface area (Å²) in [6.45, 7) is 0. The van der Waals surface area contributed by atoms with Crippen LogP contribution in [0.4, 0.5) is 0 Å². The number of aliphatic hydroxyl groups is 1. The molecule has 0 aliphatic heterocycles. The average molecular weight is 308 g/mol. The van der Waals surface area contributed by atoms with E-state index in [4.69, 9.17) is 16.3 Å². The lowest BCUT2D eigenvalue weighted by Gasteiger charge is -2.11. The van der Waals surface area contributed by atoms with Crippen LogP contribution in [-0.4, -0.2) is 24.2 Å². The summed E-state index contributed by atoms with van der Waals surface area (Å²) in [7, 11) is 1.63. The van der Waals surface area contributed by atoms with Crippen molar-refractivity contribution in [3.63, 3.8) is 0 Å². The number of aliphatic hydroxyl groups excluding tert-OH is 1. The zero-order valence-corrected chi connectivity index (χ0v) is 11.6. The molecule has 0 saturated carbocycles. The molecule has 0 aromatic heterocycles. The standard InChI is InChI=1S/C12H16BrClO2/c1-16-12-5-4-9(8-11(12)13)7-10(15)3-2-6-14/h4-5,8,10,15H,2-3,6-7H2,1H3. The molecular formula is C12H16BrClO2. The van der Waals surface area contributed by atoms with E-state index < -0.39 is 0 Å². The second-order valence-corrected chi connectivity index (χ2v) is 4.89. The van der Waals surface area contributed by atoms with Crippen LogP contribution in [0.1, 0.15) is 18.4 Å².